The largest absolute Gasteiger partial charge is 0.481 e. The molecule has 126 valence electrons. The average molecular weight is 335 g/mol. The van der Waals surface area contributed by atoms with Gasteiger partial charge in [-0.25, -0.2) is 0 Å². The Labute approximate surface area is 144 Å². The van der Waals surface area contributed by atoms with Gasteiger partial charge in [0, 0.05) is 24.1 Å². The van der Waals surface area contributed by atoms with Crippen LogP contribution in [0.15, 0.2) is 48.7 Å². The minimum Gasteiger partial charge on any atom is -0.481 e. The molecule has 0 unspecified atom stereocenters. The first-order valence-corrected chi connectivity index (χ1v) is 8.00. The van der Waals surface area contributed by atoms with Crippen LogP contribution in [-0.4, -0.2) is 30.5 Å². The number of hydrogen-bond donors (Lipinski definition) is 2. The number of carbonyl (C=O) groups is 2. The number of amides is 2. The highest BCUT2D eigenvalue weighted by atomic mass is 16.5. The Bertz CT molecular complexity index is 977. The lowest BCUT2D eigenvalue weighted by atomic mass is 10.1. The topological polar surface area (TPSA) is 74.4 Å². The monoisotopic (exact) mass is 335 g/mol. The Balaban J connectivity index is 1.59. The highest BCUT2D eigenvalue weighted by molar-refractivity contribution is 6.05. The van der Waals surface area contributed by atoms with E-state index in [1.54, 1.807) is 25.2 Å². The van der Waals surface area contributed by atoms with Gasteiger partial charge in [-0.05, 0) is 23.8 Å². The maximum atomic E-state index is 12.5. The van der Waals surface area contributed by atoms with E-state index in [-0.39, 0.29) is 24.8 Å². The summed E-state index contributed by atoms with van der Waals surface area (Å²) in [7, 11) is 1.68. The fourth-order valence-electron chi connectivity index (χ4n) is 3.09. The number of nitrogens with one attached hydrogen (secondary N) is 2. The Morgan fingerprint density at radius 1 is 1.24 bits per heavy atom. The molecule has 4 rings (SSSR count). The first-order valence-electron chi connectivity index (χ1n) is 8.00. The third-order valence-corrected chi connectivity index (χ3v) is 4.36. The summed E-state index contributed by atoms with van der Waals surface area (Å²) in [6.07, 6.45) is 2.09. The molecule has 2 amide bonds. The number of hydrogen-bond acceptors (Lipinski definition) is 3. The second kappa shape index (κ2) is 5.98. The van der Waals surface area contributed by atoms with Crippen molar-refractivity contribution in [2.45, 2.75) is 6.42 Å². The minimum absolute atomic E-state index is 0.0102. The molecule has 6 heteroatoms. The van der Waals surface area contributed by atoms with E-state index in [0.717, 1.165) is 16.5 Å². The van der Waals surface area contributed by atoms with Crippen LogP contribution in [0.3, 0.4) is 0 Å². The van der Waals surface area contributed by atoms with Crippen LogP contribution in [0.25, 0.3) is 10.9 Å². The third-order valence-electron chi connectivity index (χ3n) is 4.36. The number of carbonyl (C=O) groups excluding carboxylic acids is 2. The SMILES string of the molecule is CN1C(=O)COc2cccc(NC(=O)Cc3c[nH]c4ccccc34)c21. The maximum Gasteiger partial charge on any atom is 0.264 e. The molecule has 0 radical (unpaired) electrons. The molecule has 2 N–H and O–H groups in total. The minimum atomic E-state index is -0.149. The van der Waals surface area contributed by atoms with Crippen molar-refractivity contribution >= 4 is 34.1 Å². The molecule has 0 spiro atoms. The number of aromatic amines is 1. The molecular formula is C19H17N3O3. The number of nitrogens with zero attached hydrogens (tertiary/aromatic N) is 1. The second-order valence-corrected chi connectivity index (χ2v) is 5.98. The van der Waals surface area contributed by atoms with Gasteiger partial charge >= 0.3 is 0 Å². The van der Waals surface area contributed by atoms with Crippen molar-refractivity contribution in [3.8, 4) is 5.75 Å². The van der Waals surface area contributed by atoms with Gasteiger partial charge in [-0.2, -0.15) is 0 Å². The van der Waals surface area contributed by atoms with Crippen LogP contribution in [0, 0.1) is 0 Å². The molecule has 0 bridgehead atoms. The van der Waals surface area contributed by atoms with E-state index in [4.69, 9.17) is 4.74 Å². The van der Waals surface area contributed by atoms with Crippen molar-refractivity contribution in [1.82, 2.24) is 4.98 Å². The fourth-order valence-corrected chi connectivity index (χ4v) is 3.09. The molecule has 0 saturated heterocycles. The zero-order chi connectivity index (χ0) is 17.4. The molecular weight excluding hydrogens is 318 g/mol. The zero-order valence-corrected chi connectivity index (χ0v) is 13.7. The standard InChI is InChI=1S/C19H17N3O3/c1-22-18(24)11-25-16-8-4-7-15(19(16)22)21-17(23)9-12-10-20-14-6-3-2-5-13(12)14/h2-8,10,20H,9,11H2,1H3,(H,21,23). The summed E-state index contributed by atoms with van der Waals surface area (Å²) in [4.78, 5) is 29.1. The summed E-state index contributed by atoms with van der Waals surface area (Å²) in [5.41, 5.74) is 3.09. The van der Waals surface area contributed by atoms with Gasteiger partial charge in [-0.3, -0.25) is 9.59 Å². The Morgan fingerprint density at radius 3 is 2.96 bits per heavy atom. The maximum absolute atomic E-state index is 12.5. The number of fused-ring (bicyclic) bond motifs is 2. The van der Waals surface area contributed by atoms with Crippen molar-refractivity contribution in [3.05, 3.63) is 54.2 Å². The molecule has 0 saturated carbocycles. The molecule has 2 heterocycles. The highest BCUT2D eigenvalue weighted by Crippen LogP contribution is 2.38. The van der Waals surface area contributed by atoms with Gasteiger partial charge in [0.25, 0.3) is 5.91 Å². The molecule has 6 nitrogen and oxygen atoms in total. The van der Waals surface area contributed by atoms with Gasteiger partial charge in [0.05, 0.1) is 12.1 Å². The van der Waals surface area contributed by atoms with E-state index < -0.39 is 0 Å². The summed E-state index contributed by atoms with van der Waals surface area (Å²) >= 11 is 0. The van der Waals surface area contributed by atoms with E-state index in [9.17, 15) is 9.59 Å². The van der Waals surface area contributed by atoms with Gasteiger partial charge in [0.1, 0.15) is 11.4 Å². The molecule has 1 aliphatic heterocycles. The van der Waals surface area contributed by atoms with Gasteiger partial charge in [0.15, 0.2) is 6.61 Å². The molecule has 3 aromatic rings. The lowest BCUT2D eigenvalue weighted by Crippen LogP contribution is -2.36. The van der Waals surface area contributed by atoms with Gasteiger partial charge < -0.3 is 19.9 Å². The second-order valence-electron chi connectivity index (χ2n) is 5.98. The van der Waals surface area contributed by atoms with Crippen LogP contribution in [0.2, 0.25) is 0 Å². The smallest absolute Gasteiger partial charge is 0.264 e. The van der Waals surface area contributed by atoms with Crippen LogP contribution in [0.4, 0.5) is 11.4 Å². The first-order chi connectivity index (χ1) is 12.1. The zero-order valence-electron chi connectivity index (χ0n) is 13.7. The fraction of sp³-hybridized carbons (Fsp3) is 0.158. The molecule has 0 fully saturated rings. The van der Waals surface area contributed by atoms with Crippen LogP contribution in [0.5, 0.6) is 5.75 Å². The van der Waals surface area contributed by atoms with Gasteiger partial charge in [-0.15, -0.1) is 0 Å². The van der Waals surface area contributed by atoms with Crippen molar-refractivity contribution < 1.29 is 14.3 Å². The van der Waals surface area contributed by atoms with Crippen LogP contribution >= 0.6 is 0 Å². The molecule has 0 atom stereocenters. The normalized spacial score (nSPS) is 13.5. The number of aromatic nitrogens is 1. The Hall–Kier alpha value is -3.28. The van der Waals surface area contributed by atoms with Crippen LogP contribution in [0.1, 0.15) is 5.56 Å². The Morgan fingerprint density at radius 2 is 2.08 bits per heavy atom. The number of likely N-dealkylation sites (N-methyl/N-ethyl adjacent to an activating group) is 1. The summed E-state index contributed by atoms with van der Waals surface area (Å²) in [5.74, 6) is 0.294. The van der Waals surface area contributed by atoms with Crippen molar-refractivity contribution in [2.24, 2.45) is 0 Å². The number of rotatable bonds is 3. The molecule has 25 heavy (non-hydrogen) atoms. The number of para-hydroxylation sites is 2. The predicted octanol–water partition coefficient (Wildman–Crippen LogP) is 2.70. The lowest BCUT2D eigenvalue weighted by molar-refractivity contribution is -0.121. The average Bonchev–Trinajstić information content (AvgIpc) is 3.01. The third kappa shape index (κ3) is 2.71. The number of ether oxygens (including phenoxy) is 1. The van der Waals surface area contributed by atoms with Gasteiger partial charge in [0.2, 0.25) is 5.91 Å². The molecule has 0 aliphatic carbocycles. The van der Waals surface area contributed by atoms with E-state index in [1.165, 1.54) is 4.90 Å². The molecule has 1 aliphatic rings. The van der Waals surface area contributed by atoms with Crippen LogP contribution < -0.4 is 15.0 Å². The Kier molecular flexibility index (Phi) is 3.65. The summed E-state index contributed by atoms with van der Waals surface area (Å²) in [6.45, 7) is 0.0102. The van der Waals surface area contributed by atoms with Crippen molar-refractivity contribution in [2.75, 3.05) is 23.9 Å². The van der Waals surface area contributed by atoms with Gasteiger partial charge in [-0.1, -0.05) is 24.3 Å². The summed E-state index contributed by atoms with van der Waals surface area (Å²) < 4.78 is 5.44. The van der Waals surface area contributed by atoms with E-state index in [1.807, 2.05) is 30.5 Å². The van der Waals surface area contributed by atoms with E-state index in [2.05, 4.69) is 10.3 Å². The number of benzene rings is 2. The van der Waals surface area contributed by atoms with E-state index >= 15 is 0 Å². The molecule has 2 aromatic carbocycles. The summed E-state index contributed by atoms with van der Waals surface area (Å²) in [5, 5.41) is 3.93. The summed E-state index contributed by atoms with van der Waals surface area (Å²) in [6, 6.07) is 13.2. The molecule has 1 aromatic heterocycles. The number of anilines is 2. The van der Waals surface area contributed by atoms with Crippen molar-refractivity contribution in [3.63, 3.8) is 0 Å². The number of H-pyrrole nitrogens is 1. The predicted molar refractivity (Wildman–Crippen MR) is 96.0 cm³/mol. The van der Waals surface area contributed by atoms with Crippen molar-refractivity contribution in [1.29, 1.82) is 0 Å². The quantitative estimate of drug-likeness (QED) is 0.773. The highest BCUT2D eigenvalue weighted by Gasteiger charge is 2.25. The van der Waals surface area contributed by atoms with E-state index in [0.29, 0.717) is 17.1 Å². The lowest BCUT2D eigenvalue weighted by Gasteiger charge is -2.28. The van der Waals surface area contributed by atoms with Crippen LogP contribution in [-0.2, 0) is 16.0 Å². The first kappa shape index (κ1) is 15.3.